The molecular weight excluding hydrogens is 568 g/mol. The number of aliphatic hydroxyl groups is 1. The fourth-order valence-electron chi connectivity index (χ4n) is 6.24. The van der Waals surface area contributed by atoms with E-state index in [1.54, 1.807) is 26.4 Å². The highest BCUT2D eigenvalue weighted by atomic mass is 16.7. The van der Waals surface area contributed by atoms with E-state index in [0.717, 1.165) is 54.2 Å². The van der Waals surface area contributed by atoms with E-state index < -0.39 is 6.29 Å². The number of amides is 1. The number of nitrogens with one attached hydrogen (secondary N) is 1. The van der Waals surface area contributed by atoms with Crippen LogP contribution in [0.25, 0.3) is 0 Å². The van der Waals surface area contributed by atoms with Crippen LogP contribution in [0.1, 0.15) is 57.5 Å². The molecule has 0 radical (unpaired) electrons. The fraction of sp³-hybridized carbons (Fsp3) is 0.324. The monoisotopic (exact) mass is 608 g/mol. The summed E-state index contributed by atoms with van der Waals surface area (Å²) in [5, 5.41) is 12.6. The number of benzene rings is 4. The Balaban J connectivity index is 1.25. The van der Waals surface area contributed by atoms with Crippen LogP contribution in [-0.2, 0) is 29.0 Å². The highest BCUT2D eigenvalue weighted by molar-refractivity contribution is 6.04. The highest BCUT2D eigenvalue weighted by Gasteiger charge is 2.39. The number of hydrogen-bond acceptors (Lipinski definition) is 7. The van der Waals surface area contributed by atoms with E-state index in [1.807, 2.05) is 66.7 Å². The van der Waals surface area contributed by atoms with Crippen molar-refractivity contribution in [3.8, 4) is 11.5 Å². The Morgan fingerprint density at radius 2 is 1.62 bits per heavy atom. The van der Waals surface area contributed by atoms with Crippen molar-refractivity contribution in [2.75, 3.05) is 32.6 Å². The SMILES string of the molecule is COc1cc2c(cc1OC)CN(C[C@H]1O[C@@H](c3cccc(NC(=O)c4ccccc4)c3)O[C@@H](c3ccc(CO)cc3)[C@H]1C)CC2. The number of rotatable bonds is 9. The molecule has 8 heteroatoms. The van der Waals surface area contributed by atoms with Crippen molar-refractivity contribution in [2.45, 2.75) is 45.0 Å². The molecule has 0 bridgehead atoms. The maximum atomic E-state index is 12.9. The average molecular weight is 609 g/mol. The molecule has 45 heavy (non-hydrogen) atoms. The second-order valence-corrected chi connectivity index (χ2v) is 11.7. The number of carbonyl (C=O) groups excluding carboxylic acids is 1. The van der Waals surface area contributed by atoms with Crippen LogP contribution in [0, 0.1) is 5.92 Å². The minimum absolute atomic E-state index is 0.00962. The van der Waals surface area contributed by atoms with Gasteiger partial charge in [0, 0.05) is 42.4 Å². The van der Waals surface area contributed by atoms with Crippen molar-refractivity contribution >= 4 is 11.6 Å². The number of nitrogens with zero attached hydrogens (tertiary/aromatic N) is 1. The predicted octanol–water partition coefficient (Wildman–Crippen LogP) is 6.30. The second kappa shape index (κ2) is 13.8. The van der Waals surface area contributed by atoms with Crippen LogP contribution in [-0.4, -0.2) is 49.3 Å². The van der Waals surface area contributed by atoms with Gasteiger partial charge in [-0.2, -0.15) is 0 Å². The summed E-state index contributed by atoms with van der Waals surface area (Å²) in [4.78, 5) is 15.3. The number of anilines is 1. The summed E-state index contributed by atoms with van der Waals surface area (Å²) in [7, 11) is 3.33. The Morgan fingerprint density at radius 1 is 0.889 bits per heavy atom. The maximum absolute atomic E-state index is 12.9. The van der Waals surface area contributed by atoms with Gasteiger partial charge in [0.25, 0.3) is 5.91 Å². The lowest BCUT2D eigenvalue weighted by Crippen LogP contribution is -2.45. The molecule has 0 unspecified atom stereocenters. The van der Waals surface area contributed by atoms with Crippen molar-refractivity contribution in [1.82, 2.24) is 4.90 Å². The van der Waals surface area contributed by atoms with Gasteiger partial charge >= 0.3 is 0 Å². The first-order valence-electron chi connectivity index (χ1n) is 15.4. The number of hydrogen-bond donors (Lipinski definition) is 2. The minimum atomic E-state index is -0.635. The summed E-state index contributed by atoms with van der Waals surface area (Å²) in [6.45, 7) is 4.57. The lowest BCUT2D eigenvalue weighted by Gasteiger charge is -2.43. The molecule has 4 atom stereocenters. The number of methoxy groups -OCH3 is 2. The first-order valence-corrected chi connectivity index (χ1v) is 15.4. The molecule has 1 fully saturated rings. The average Bonchev–Trinajstić information content (AvgIpc) is 3.09. The zero-order valence-corrected chi connectivity index (χ0v) is 25.9. The van der Waals surface area contributed by atoms with Crippen LogP contribution in [0.4, 0.5) is 5.69 Å². The van der Waals surface area contributed by atoms with Gasteiger partial charge < -0.3 is 29.4 Å². The molecule has 0 aliphatic carbocycles. The molecule has 4 aromatic rings. The van der Waals surface area contributed by atoms with Gasteiger partial charge in [-0.05, 0) is 65.1 Å². The second-order valence-electron chi connectivity index (χ2n) is 11.7. The number of ether oxygens (including phenoxy) is 4. The molecule has 2 aliphatic rings. The summed E-state index contributed by atoms with van der Waals surface area (Å²) in [5.41, 5.74) is 6.49. The van der Waals surface area contributed by atoms with Crippen LogP contribution in [0.5, 0.6) is 11.5 Å². The lowest BCUT2D eigenvalue weighted by atomic mass is 9.89. The van der Waals surface area contributed by atoms with E-state index in [9.17, 15) is 9.90 Å². The third kappa shape index (κ3) is 6.89. The molecule has 1 saturated heterocycles. The first kappa shape index (κ1) is 30.8. The van der Waals surface area contributed by atoms with E-state index in [-0.39, 0.29) is 30.6 Å². The molecule has 6 rings (SSSR count). The van der Waals surface area contributed by atoms with Crippen LogP contribution in [0.2, 0.25) is 0 Å². The summed E-state index contributed by atoms with van der Waals surface area (Å²) in [6.07, 6.45) is -0.0869. The predicted molar refractivity (Wildman–Crippen MR) is 172 cm³/mol. The fourth-order valence-corrected chi connectivity index (χ4v) is 6.24. The van der Waals surface area contributed by atoms with Gasteiger partial charge in [0.15, 0.2) is 17.8 Å². The molecule has 2 aliphatic heterocycles. The van der Waals surface area contributed by atoms with E-state index >= 15 is 0 Å². The third-order valence-corrected chi connectivity index (χ3v) is 8.81. The zero-order valence-electron chi connectivity index (χ0n) is 25.9. The van der Waals surface area contributed by atoms with Gasteiger partial charge in [-0.25, -0.2) is 0 Å². The van der Waals surface area contributed by atoms with Crippen molar-refractivity contribution < 1.29 is 28.8 Å². The van der Waals surface area contributed by atoms with Gasteiger partial charge in [0.1, 0.15) is 0 Å². The summed E-state index contributed by atoms with van der Waals surface area (Å²) in [5.74, 6) is 1.37. The van der Waals surface area contributed by atoms with Crippen molar-refractivity contribution in [3.63, 3.8) is 0 Å². The molecule has 2 N–H and O–H groups in total. The third-order valence-electron chi connectivity index (χ3n) is 8.81. The lowest BCUT2D eigenvalue weighted by molar-refractivity contribution is -0.276. The molecule has 1 amide bonds. The summed E-state index contributed by atoms with van der Waals surface area (Å²) < 4.78 is 24.5. The van der Waals surface area contributed by atoms with Gasteiger partial charge in [0.05, 0.1) is 33.0 Å². The molecule has 234 valence electrons. The Hall–Kier alpha value is -4.21. The molecular formula is C37H40N2O6. The van der Waals surface area contributed by atoms with Gasteiger partial charge in [-0.3, -0.25) is 9.69 Å². The number of aliphatic hydroxyl groups excluding tert-OH is 1. The van der Waals surface area contributed by atoms with Crippen molar-refractivity contribution in [2.24, 2.45) is 5.92 Å². The zero-order chi connectivity index (χ0) is 31.3. The van der Waals surface area contributed by atoms with Crippen molar-refractivity contribution in [3.05, 3.63) is 124 Å². The van der Waals surface area contributed by atoms with Gasteiger partial charge in [0.2, 0.25) is 0 Å². The molecule has 8 nitrogen and oxygen atoms in total. The normalized spacial score (nSPS) is 21.5. The van der Waals surface area contributed by atoms with E-state index in [1.165, 1.54) is 11.1 Å². The molecule has 2 heterocycles. The quantitative estimate of drug-likeness (QED) is 0.231. The van der Waals surface area contributed by atoms with E-state index in [2.05, 4.69) is 29.3 Å². The minimum Gasteiger partial charge on any atom is -0.493 e. The van der Waals surface area contributed by atoms with E-state index in [0.29, 0.717) is 11.3 Å². The van der Waals surface area contributed by atoms with Crippen LogP contribution in [0.15, 0.2) is 91.0 Å². The molecule has 0 spiro atoms. The standard InChI is InChI=1S/C37H40N2O6/c1-24-34(22-39-17-16-28-19-32(42-2)33(43-3)20-30(28)21-39)44-37(45-35(24)26-14-12-25(23-40)13-15-26)29-10-7-11-31(18-29)38-36(41)27-8-5-4-6-9-27/h4-15,18-20,24,34-35,37,40H,16-17,21-23H2,1-3H3,(H,38,41)/t24-,34+,35+,37+/m0/s1. The van der Waals surface area contributed by atoms with Crippen LogP contribution < -0.4 is 14.8 Å². The Labute approximate surface area is 264 Å². The smallest absolute Gasteiger partial charge is 0.255 e. The molecule has 0 saturated carbocycles. The Kier molecular flexibility index (Phi) is 9.47. The Bertz CT molecular complexity index is 1610. The van der Waals surface area contributed by atoms with Gasteiger partial charge in [-0.1, -0.05) is 61.5 Å². The number of carbonyl (C=O) groups is 1. The largest absolute Gasteiger partial charge is 0.493 e. The van der Waals surface area contributed by atoms with Gasteiger partial charge in [-0.15, -0.1) is 0 Å². The van der Waals surface area contributed by atoms with Crippen molar-refractivity contribution in [1.29, 1.82) is 0 Å². The molecule has 4 aromatic carbocycles. The molecule has 0 aromatic heterocycles. The first-order chi connectivity index (χ1) is 21.9. The van der Waals surface area contributed by atoms with Crippen LogP contribution in [0.3, 0.4) is 0 Å². The topological polar surface area (TPSA) is 89.5 Å². The van der Waals surface area contributed by atoms with E-state index in [4.69, 9.17) is 18.9 Å². The summed E-state index contributed by atoms with van der Waals surface area (Å²) >= 11 is 0. The maximum Gasteiger partial charge on any atom is 0.255 e. The van der Waals surface area contributed by atoms with Crippen LogP contribution >= 0.6 is 0 Å². The Morgan fingerprint density at radius 3 is 2.33 bits per heavy atom. The summed E-state index contributed by atoms with van der Waals surface area (Å²) in [6, 6.07) is 28.9. The highest BCUT2D eigenvalue weighted by Crippen LogP contribution is 2.43. The number of fused-ring (bicyclic) bond motifs is 1.